The predicted octanol–water partition coefficient (Wildman–Crippen LogP) is 1.79. The van der Waals surface area contributed by atoms with Crippen molar-refractivity contribution in [3.8, 4) is 0 Å². The van der Waals surface area contributed by atoms with Crippen molar-refractivity contribution in [2.75, 3.05) is 0 Å². The number of aliphatic hydroxyl groups excluding tert-OH is 9. The minimum Gasteiger partial charge on any atom is -0.481 e. The topological polar surface area (TPSA) is 360 Å². The second-order valence-corrected chi connectivity index (χ2v) is 21.4. The molecule has 1 aromatic carbocycles. The average molecular weight is 1090 g/mol. The van der Waals surface area contributed by atoms with E-state index in [4.69, 9.17) is 18.9 Å². The van der Waals surface area contributed by atoms with Gasteiger partial charge in [-0.15, -0.1) is 0 Å². The Balaban J connectivity index is 1.60. The number of aliphatic carboxylic acids is 1. The Morgan fingerprint density at radius 3 is 1.87 bits per heavy atom. The summed E-state index contributed by atoms with van der Waals surface area (Å²) in [6.07, 6.45) is 1.56. The number of hydrogen-bond acceptors (Lipinski definition) is 19. The monoisotopic (exact) mass is 1090 g/mol. The largest absolute Gasteiger partial charge is 0.481 e. The number of aliphatic hydroxyl groups is 10. The van der Waals surface area contributed by atoms with Gasteiger partial charge in [0.05, 0.1) is 84.5 Å². The van der Waals surface area contributed by atoms with Gasteiger partial charge in [-0.25, -0.2) is 0 Å². The van der Waals surface area contributed by atoms with Gasteiger partial charge in [0.25, 0.3) is 10.1 Å². The van der Waals surface area contributed by atoms with E-state index >= 15 is 0 Å². The fourth-order valence-electron chi connectivity index (χ4n) is 9.29. The molecule has 0 spiro atoms. The molecule has 0 aromatic heterocycles. The van der Waals surface area contributed by atoms with Gasteiger partial charge in [-0.05, 0) is 51.2 Å². The summed E-state index contributed by atoms with van der Waals surface area (Å²) in [6.45, 7) is 6.42. The Bertz CT molecular complexity index is 2300. The number of ether oxygens (including phenoxy) is 4. The van der Waals surface area contributed by atoms with Crippen LogP contribution in [-0.2, 0) is 45.2 Å². The molecule has 4 rings (SSSR count). The van der Waals surface area contributed by atoms with Crippen molar-refractivity contribution in [2.45, 2.75) is 188 Å². The lowest BCUT2D eigenvalue weighted by molar-refractivity contribution is -0.310. The Morgan fingerprint density at radius 2 is 1.26 bits per heavy atom. The number of esters is 1. The van der Waals surface area contributed by atoms with Gasteiger partial charge >= 0.3 is 11.9 Å². The Hall–Kier alpha value is -4.31. The predicted molar refractivity (Wildman–Crippen MR) is 276 cm³/mol. The van der Waals surface area contributed by atoms with Crippen molar-refractivity contribution >= 4 is 22.1 Å². The number of allylic oxidation sites excluding steroid dienone is 12. The number of hydrogen-bond donors (Lipinski definition) is 13. The van der Waals surface area contributed by atoms with Crippen LogP contribution in [0.2, 0.25) is 0 Å². The molecule has 76 heavy (non-hydrogen) atoms. The summed E-state index contributed by atoms with van der Waals surface area (Å²) in [6, 6.07) is 4.33. The molecule has 13 N–H and O–H groups in total. The number of carbonyl (C=O) groups is 2. The van der Waals surface area contributed by atoms with Crippen LogP contribution in [0.15, 0.2) is 114 Å². The Kier molecular flexibility index (Phi) is 26.0. The van der Waals surface area contributed by atoms with Crippen molar-refractivity contribution < 1.29 is 97.7 Å². The molecule has 21 nitrogen and oxygen atoms in total. The second kappa shape index (κ2) is 30.7. The van der Waals surface area contributed by atoms with Crippen LogP contribution in [-0.4, -0.2) is 179 Å². The van der Waals surface area contributed by atoms with Gasteiger partial charge < -0.3 is 80.4 Å². The molecule has 3 aliphatic heterocycles. The number of fused-ring (bicyclic) bond motifs is 2. The van der Waals surface area contributed by atoms with E-state index in [2.05, 4.69) is 5.32 Å². The zero-order valence-corrected chi connectivity index (χ0v) is 44.0. The summed E-state index contributed by atoms with van der Waals surface area (Å²) >= 11 is 0. The number of carboxylic acids is 1. The van der Waals surface area contributed by atoms with Crippen molar-refractivity contribution in [3.05, 3.63) is 115 Å². The van der Waals surface area contributed by atoms with Crippen LogP contribution >= 0.6 is 0 Å². The van der Waals surface area contributed by atoms with Crippen LogP contribution in [0.1, 0.15) is 84.6 Å². The van der Waals surface area contributed by atoms with Crippen LogP contribution < -0.4 is 5.32 Å². The Morgan fingerprint density at radius 1 is 0.697 bits per heavy atom. The van der Waals surface area contributed by atoms with Crippen LogP contribution in [0.25, 0.3) is 0 Å². The molecule has 426 valence electrons. The lowest BCUT2D eigenvalue weighted by Gasteiger charge is -2.45. The minimum atomic E-state index is -4.64. The third-order valence-electron chi connectivity index (χ3n) is 13.8. The smallest absolute Gasteiger partial charge is 0.311 e. The van der Waals surface area contributed by atoms with Gasteiger partial charge in [-0.1, -0.05) is 117 Å². The van der Waals surface area contributed by atoms with Crippen molar-refractivity contribution in [2.24, 2.45) is 17.8 Å². The van der Waals surface area contributed by atoms with Crippen LogP contribution in [0, 0.1) is 17.8 Å². The highest BCUT2D eigenvalue weighted by Crippen LogP contribution is 2.38. The lowest BCUT2D eigenvalue weighted by atomic mass is 9.82. The van der Waals surface area contributed by atoms with Gasteiger partial charge in [-0.2, -0.15) is 8.42 Å². The van der Waals surface area contributed by atoms with Gasteiger partial charge in [0, 0.05) is 37.6 Å². The van der Waals surface area contributed by atoms with Crippen molar-refractivity contribution in [1.29, 1.82) is 0 Å². The minimum absolute atomic E-state index is 0.124. The summed E-state index contributed by atoms with van der Waals surface area (Å²) in [4.78, 5) is 25.0. The molecule has 3 aliphatic rings. The molecule has 1 aromatic rings. The van der Waals surface area contributed by atoms with Crippen LogP contribution in [0.4, 0.5) is 0 Å². The maximum Gasteiger partial charge on any atom is 0.311 e. The number of cyclic esters (lactones) is 1. The summed E-state index contributed by atoms with van der Waals surface area (Å²) in [5.74, 6) is -7.16. The molecule has 2 fully saturated rings. The van der Waals surface area contributed by atoms with E-state index in [1.807, 2.05) is 6.92 Å². The maximum atomic E-state index is 12.7. The van der Waals surface area contributed by atoms with Crippen LogP contribution in [0.3, 0.4) is 0 Å². The number of carboxylic acid groups (broad SMARTS) is 1. The number of rotatable bonds is 7. The van der Waals surface area contributed by atoms with E-state index in [1.54, 1.807) is 86.8 Å². The molecular weight excluding hydrogens is 1010 g/mol. The number of carbonyl (C=O) groups excluding carboxylic acids is 1. The summed E-state index contributed by atoms with van der Waals surface area (Å²) < 4.78 is 57.5. The van der Waals surface area contributed by atoms with E-state index in [-0.39, 0.29) is 43.7 Å². The number of benzene rings is 1. The molecule has 0 saturated carbocycles. The normalized spacial score (nSPS) is 40.8. The molecule has 0 aliphatic carbocycles. The lowest BCUT2D eigenvalue weighted by Crippen LogP contribution is -2.63. The summed E-state index contributed by atoms with van der Waals surface area (Å²) in [7, 11) is -4.64. The zero-order chi connectivity index (χ0) is 56.3. The zero-order valence-electron chi connectivity index (χ0n) is 43.2. The standard InChI is InChI=1S/C54H79NO20S/c1-32-19-15-13-11-9-7-5-6-8-10-12-14-16-21-40(74-53-51(65)48(50(64)35(4)73-53)55-31-36-20-17-18-22-45(36)76(69,70)71)28-44-47(52(66)67)43(61)30-54(68,75-44)29-42(60)41(59)24-23-37(56)25-38(57)26-39(58)27-46(62)72-34(3)33(2)49(32)63/h5-22,32-35,37-44,47-51,53,55-61,63-65,68H,23-31H2,1-4H3,(H,66,67)(H,69,70,71)/b6-5-,9-7-,10-8-,13-11-,14-12-,19-15-,21-16+/t32-,33-,34-,35-,37+,38+,39+,40-,41+,42+,43-,44-,47+,48+,49+,50-,51+,53+,54+/m0/s1. The van der Waals surface area contributed by atoms with E-state index < -0.39 is 162 Å². The highest BCUT2D eigenvalue weighted by atomic mass is 32.2. The Labute approximate surface area is 444 Å². The van der Waals surface area contributed by atoms with Gasteiger partial charge in [-0.3, -0.25) is 14.1 Å². The first-order valence-electron chi connectivity index (χ1n) is 25.5. The molecule has 3 heterocycles. The molecule has 0 amide bonds. The molecule has 22 heteroatoms. The number of nitrogens with one attached hydrogen (secondary N) is 1. The molecule has 2 bridgehead atoms. The average Bonchev–Trinajstić information content (AvgIpc) is 3.33. The quantitative estimate of drug-likeness (QED) is 0.137. The van der Waals surface area contributed by atoms with Gasteiger partial charge in [0.2, 0.25) is 0 Å². The van der Waals surface area contributed by atoms with Crippen molar-refractivity contribution in [1.82, 2.24) is 5.32 Å². The van der Waals surface area contributed by atoms with Gasteiger partial charge in [0.15, 0.2) is 12.1 Å². The summed E-state index contributed by atoms with van der Waals surface area (Å²) in [5, 5.41) is 124. The fraction of sp³-hybridized carbons (Fsp3) is 0.593. The van der Waals surface area contributed by atoms with Crippen molar-refractivity contribution in [3.63, 3.8) is 0 Å². The highest BCUT2D eigenvalue weighted by Gasteiger charge is 2.51. The fourth-order valence-corrected chi connectivity index (χ4v) is 10.0. The molecular formula is C54H79NO20S. The molecule has 19 atom stereocenters. The SMILES string of the molecule is C[C@@H]1[C@H](O)[C@@H](C)\C=C/C=C\C=C/C=C\C=C/C=C\C=C\[C@H](O[C@H]2O[C@@H](C)[C@H](O)[C@@H](NCc3ccccc3S(=O)(=O)O)[C@H]2O)C[C@@H]2O[C@](O)(C[C@@H](O)[C@H](O)CC[C@@H](O)C[C@@H](O)C[C@@H](O)CC(=O)O[C@H]1C)C[C@H](O)[C@H]2C(=O)O. The van der Waals surface area contributed by atoms with E-state index in [1.165, 1.54) is 43.3 Å². The van der Waals surface area contributed by atoms with E-state index in [0.29, 0.717) is 0 Å². The van der Waals surface area contributed by atoms with Crippen LogP contribution in [0.5, 0.6) is 0 Å². The van der Waals surface area contributed by atoms with E-state index in [9.17, 15) is 78.7 Å². The molecule has 2 saturated heterocycles. The van der Waals surface area contributed by atoms with E-state index in [0.717, 1.165) is 0 Å². The first kappa shape index (κ1) is 64.2. The van der Waals surface area contributed by atoms with Gasteiger partial charge in [0.1, 0.15) is 18.1 Å². The first-order valence-corrected chi connectivity index (χ1v) is 27.0. The molecule has 0 radical (unpaired) electrons. The summed E-state index contributed by atoms with van der Waals surface area (Å²) in [5.41, 5.74) is 0.124. The second-order valence-electron chi connectivity index (χ2n) is 20.0. The third kappa shape index (κ3) is 20.5. The third-order valence-corrected chi connectivity index (χ3v) is 14.7. The highest BCUT2D eigenvalue weighted by molar-refractivity contribution is 7.85. The molecule has 0 unspecified atom stereocenters. The maximum absolute atomic E-state index is 12.7. The first-order chi connectivity index (χ1) is 35.8.